The molecular weight excluding hydrogens is 270 g/mol. The van der Waals surface area contributed by atoms with Crippen LogP contribution >= 0.6 is 0 Å². The van der Waals surface area contributed by atoms with Gasteiger partial charge in [-0.15, -0.1) is 0 Å². The minimum atomic E-state index is -3.48. The Labute approximate surface area is 111 Å². The Balaban J connectivity index is 1.61. The smallest absolute Gasteiger partial charge is 0.243 e. The molecule has 0 atom stereocenters. The second-order valence-corrected chi connectivity index (χ2v) is 6.65. The average molecular weight is 287 g/mol. The van der Waals surface area contributed by atoms with Gasteiger partial charge >= 0.3 is 0 Å². The van der Waals surface area contributed by atoms with Crippen molar-refractivity contribution in [3.8, 4) is 0 Å². The lowest BCUT2D eigenvalue weighted by molar-refractivity contribution is -0.178. The van der Waals surface area contributed by atoms with E-state index in [1.54, 1.807) is 0 Å². The van der Waals surface area contributed by atoms with Crippen LogP contribution in [0.25, 0.3) is 0 Å². The first-order chi connectivity index (χ1) is 9.10. The molecule has 1 saturated carbocycles. The standard InChI is InChI=1S/C11H17N3O4S/c15-19(16,10-7-12-13-8-10)14-9-1-3-11(4-2-9)17-5-6-18-11/h7-9,14H,1-6H2,(H,12,13). The number of sulfonamides is 1. The van der Waals surface area contributed by atoms with Crippen LogP contribution in [0.2, 0.25) is 0 Å². The number of H-pyrrole nitrogens is 1. The highest BCUT2D eigenvalue weighted by Gasteiger charge is 2.41. The Bertz CT molecular complexity index is 512. The van der Waals surface area contributed by atoms with Crippen LogP contribution in [0.15, 0.2) is 17.3 Å². The van der Waals surface area contributed by atoms with Crippen molar-refractivity contribution < 1.29 is 17.9 Å². The number of hydrogen-bond acceptors (Lipinski definition) is 5. The zero-order chi connectivity index (χ0) is 13.3. The number of ether oxygens (including phenoxy) is 2. The number of aromatic amines is 1. The maximum absolute atomic E-state index is 12.0. The van der Waals surface area contributed by atoms with Gasteiger partial charge in [0.2, 0.25) is 10.0 Å². The number of nitrogens with zero attached hydrogens (tertiary/aromatic N) is 1. The molecule has 106 valence electrons. The fourth-order valence-corrected chi connectivity index (χ4v) is 3.84. The molecule has 1 aromatic heterocycles. The van der Waals surface area contributed by atoms with Crippen LogP contribution in [0, 0.1) is 0 Å². The molecule has 0 bridgehead atoms. The molecule has 3 rings (SSSR count). The first kappa shape index (κ1) is 13.0. The summed E-state index contributed by atoms with van der Waals surface area (Å²) >= 11 is 0. The van der Waals surface area contributed by atoms with Crippen LogP contribution in [-0.2, 0) is 19.5 Å². The largest absolute Gasteiger partial charge is 0.348 e. The third kappa shape index (κ3) is 2.66. The van der Waals surface area contributed by atoms with E-state index in [1.807, 2.05) is 0 Å². The van der Waals surface area contributed by atoms with E-state index < -0.39 is 15.8 Å². The quantitative estimate of drug-likeness (QED) is 0.838. The average Bonchev–Trinajstić information content (AvgIpc) is 3.05. The molecule has 1 saturated heterocycles. The van der Waals surface area contributed by atoms with Crippen molar-refractivity contribution in [2.24, 2.45) is 0 Å². The zero-order valence-electron chi connectivity index (χ0n) is 10.5. The van der Waals surface area contributed by atoms with E-state index in [4.69, 9.17) is 9.47 Å². The second-order valence-electron chi connectivity index (χ2n) is 4.94. The van der Waals surface area contributed by atoms with Gasteiger partial charge in [0.05, 0.1) is 19.4 Å². The van der Waals surface area contributed by atoms with Gasteiger partial charge in [-0.2, -0.15) is 5.10 Å². The third-order valence-corrected chi connectivity index (χ3v) is 5.15. The molecule has 19 heavy (non-hydrogen) atoms. The van der Waals surface area contributed by atoms with E-state index in [9.17, 15) is 8.42 Å². The summed E-state index contributed by atoms with van der Waals surface area (Å²) in [4.78, 5) is 0.168. The number of hydrogen-bond donors (Lipinski definition) is 2. The van der Waals surface area contributed by atoms with Crippen molar-refractivity contribution >= 4 is 10.0 Å². The second kappa shape index (κ2) is 4.86. The normalized spacial score (nSPS) is 24.0. The van der Waals surface area contributed by atoms with Gasteiger partial charge < -0.3 is 9.47 Å². The molecular formula is C11H17N3O4S. The molecule has 1 aliphatic carbocycles. The SMILES string of the molecule is O=S(=O)(NC1CCC2(CC1)OCCO2)c1cn[nH]c1. The van der Waals surface area contributed by atoms with E-state index in [0.29, 0.717) is 13.2 Å². The molecule has 2 fully saturated rings. The summed E-state index contributed by atoms with van der Waals surface area (Å²) in [5, 5.41) is 6.16. The van der Waals surface area contributed by atoms with Gasteiger partial charge in [-0.3, -0.25) is 5.10 Å². The van der Waals surface area contributed by atoms with Crippen molar-refractivity contribution in [2.45, 2.75) is 42.4 Å². The van der Waals surface area contributed by atoms with Crippen molar-refractivity contribution in [3.63, 3.8) is 0 Å². The lowest BCUT2D eigenvalue weighted by Gasteiger charge is -2.35. The minimum Gasteiger partial charge on any atom is -0.348 e. The third-order valence-electron chi connectivity index (χ3n) is 3.67. The molecule has 8 heteroatoms. The van der Waals surface area contributed by atoms with Gasteiger partial charge in [-0.05, 0) is 12.8 Å². The van der Waals surface area contributed by atoms with Crippen molar-refractivity contribution in [3.05, 3.63) is 12.4 Å². The molecule has 7 nitrogen and oxygen atoms in total. The summed E-state index contributed by atoms with van der Waals surface area (Å²) in [6.45, 7) is 1.26. The molecule has 0 radical (unpaired) electrons. The zero-order valence-corrected chi connectivity index (χ0v) is 11.3. The first-order valence-electron chi connectivity index (χ1n) is 6.39. The molecule has 2 N–H and O–H groups in total. The fourth-order valence-electron chi connectivity index (χ4n) is 2.63. The molecule has 1 aliphatic heterocycles. The maximum Gasteiger partial charge on any atom is 0.243 e. The molecule has 2 aliphatic rings. The lowest BCUT2D eigenvalue weighted by Crippen LogP contribution is -2.43. The van der Waals surface area contributed by atoms with Crippen molar-refractivity contribution in [1.82, 2.24) is 14.9 Å². The van der Waals surface area contributed by atoms with Crippen molar-refractivity contribution in [1.29, 1.82) is 0 Å². The van der Waals surface area contributed by atoms with Gasteiger partial charge in [-0.1, -0.05) is 0 Å². The molecule has 1 spiro atoms. The highest BCUT2D eigenvalue weighted by atomic mass is 32.2. The van der Waals surface area contributed by atoms with Gasteiger partial charge in [-0.25, -0.2) is 13.1 Å². The van der Waals surface area contributed by atoms with E-state index in [-0.39, 0.29) is 10.9 Å². The summed E-state index contributed by atoms with van der Waals surface area (Å²) in [7, 11) is -3.48. The minimum absolute atomic E-state index is 0.0710. The van der Waals surface area contributed by atoms with E-state index in [2.05, 4.69) is 14.9 Å². The predicted octanol–water partition coefficient (Wildman–Crippen LogP) is 0.374. The van der Waals surface area contributed by atoms with Gasteiger partial charge in [0.1, 0.15) is 4.90 Å². The molecule has 0 aromatic carbocycles. The van der Waals surface area contributed by atoms with Gasteiger partial charge in [0.25, 0.3) is 0 Å². The molecule has 0 unspecified atom stereocenters. The van der Waals surface area contributed by atoms with Gasteiger partial charge in [0.15, 0.2) is 5.79 Å². The van der Waals surface area contributed by atoms with Crippen LogP contribution in [0.5, 0.6) is 0 Å². The highest BCUT2D eigenvalue weighted by Crippen LogP contribution is 2.36. The monoisotopic (exact) mass is 287 g/mol. The number of aromatic nitrogens is 2. The van der Waals surface area contributed by atoms with Crippen LogP contribution in [0.4, 0.5) is 0 Å². The van der Waals surface area contributed by atoms with Crippen LogP contribution in [-0.4, -0.2) is 43.7 Å². The Morgan fingerprint density at radius 2 is 2.00 bits per heavy atom. The number of nitrogens with one attached hydrogen (secondary N) is 2. The molecule has 0 amide bonds. The van der Waals surface area contributed by atoms with E-state index in [0.717, 1.165) is 25.7 Å². The summed E-state index contributed by atoms with van der Waals surface area (Å²) < 4.78 is 38.0. The fraction of sp³-hybridized carbons (Fsp3) is 0.727. The Morgan fingerprint density at radius 3 is 2.58 bits per heavy atom. The maximum atomic E-state index is 12.0. The lowest BCUT2D eigenvalue weighted by atomic mass is 9.91. The molecule has 1 aromatic rings. The van der Waals surface area contributed by atoms with Crippen LogP contribution in [0.3, 0.4) is 0 Å². The Hall–Kier alpha value is -0.960. The number of rotatable bonds is 3. The Kier molecular flexibility index (Phi) is 3.34. The Morgan fingerprint density at radius 1 is 1.32 bits per heavy atom. The summed E-state index contributed by atoms with van der Waals surface area (Å²) in [6, 6.07) is -0.0710. The van der Waals surface area contributed by atoms with Gasteiger partial charge in [0, 0.05) is 25.1 Å². The first-order valence-corrected chi connectivity index (χ1v) is 7.87. The van der Waals surface area contributed by atoms with E-state index >= 15 is 0 Å². The summed E-state index contributed by atoms with van der Waals surface area (Å²) in [6.07, 6.45) is 5.57. The molecule has 2 heterocycles. The topological polar surface area (TPSA) is 93.3 Å². The van der Waals surface area contributed by atoms with Crippen LogP contribution in [0.1, 0.15) is 25.7 Å². The van der Waals surface area contributed by atoms with E-state index in [1.165, 1.54) is 12.4 Å². The summed E-state index contributed by atoms with van der Waals surface area (Å²) in [5.74, 6) is -0.461. The summed E-state index contributed by atoms with van der Waals surface area (Å²) in [5.41, 5.74) is 0. The highest BCUT2D eigenvalue weighted by molar-refractivity contribution is 7.89. The predicted molar refractivity (Wildman–Crippen MR) is 65.8 cm³/mol. The van der Waals surface area contributed by atoms with Crippen LogP contribution < -0.4 is 4.72 Å². The van der Waals surface area contributed by atoms with Crippen molar-refractivity contribution in [2.75, 3.05) is 13.2 Å².